The molecule has 80 valence electrons. The predicted octanol–water partition coefficient (Wildman–Crippen LogP) is -0.129. The second-order valence-corrected chi connectivity index (χ2v) is 3.63. The van der Waals surface area contributed by atoms with Crippen molar-refractivity contribution in [3.05, 3.63) is 24.0 Å². The third-order valence-electron chi connectivity index (χ3n) is 2.49. The van der Waals surface area contributed by atoms with Gasteiger partial charge in [-0.25, -0.2) is 4.98 Å². The molecule has 5 nitrogen and oxygen atoms in total. The second-order valence-electron chi connectivity index (χ2n) is 3.63. The Morgan fingerprint density at radius 1 is 1.67 bits per heavy atom. The number of aromatic nitrogens is 1. The van der Waals surface area contributed by atoms with Gasteiger partial charge in [0.15, 0.2) is 5.69 Å². The molecule has 0 spiro atoms. The van der Waals surface area contributed by atoms with Crippen LogP contribution in [0.2, 0.25) is 0 Å². The number of aliphatic hydroxyl groups is 1. The van der Waals surface area contributed by atoms with E-state index in [4.69, 9.17) is 5.73 Å². The van der Waals surface area contributed by atoms with E-state index in [0.717, 1.165) is 0 Å². The minimum Gasteiger partial charge on any atom is -0.397 e. The Bertz CT molecular complexity index is 381. The van der Waals surface area contributed by atoms with Crippen LogP contribution >= 0.6 is 0 Å². The molecule has 5 heteroatoms. The highest BCUT2D eigenvalue weighted by atomic mass is 16.3. The number of likely N-dealkylation sites (tertiary alicyclic amines) is 1. The zero-order chi connectivity index (χ0) is 10.8. The SMILES string of the molecule is Nc1cccnc1C(=O)N1CC[C@H](O)C1. The van der Waals surface area contributed by atoms with Gasteiger partial charge in [-0.15, -0.1) is 0 Å². The minimum atomic E-state index is -0.418. The number of anilines is 1. The van der Waals surface area contributed by atoms with Crippen molar-refractivity contribution in [2.24, 2.45) is 0 Å². The van der Waals surface area contributed by atoms with Gasteiger partial charge in [0.05, 0.1) is 11.8 Å². The van der Waals surface area contributed by atoms with Crippen LogP contribution in [0.1, 0.15) is 16.9 Å². The van der Waals surface area contributed by atoms with Gasteiger partial charge in [0.2, 0.25) is 0 Å². The molecular formula is C10H13N3O2. The van der Waals surface area contributed by atoms with Crippen LogP contribution in [0.15, 0.2) is 18.3 Å². The molecule has 1 aromatic heterocycles. The second kappa shape index (κ2) is 3.86. The summed E-state index contributed by atoms with van der Waals surface area (Å²) in [6.07, 6.45) is 1.74. The Labute approximate surface area is 87.5 Å². The lowest BCUT2D eigenvalue weighted by Gasteiger charge is -2.15. The molecule has 1 fully saturated rings. The number of carbonyl (C=O) groups is 1. The fourth-order valence-corrected chi connectivity index (χ4v) is 1.67. The van der Waals surface area contributed by atoms with Crippen molar-refractivity contribution in [1.82, 2.24) is 9.88 Å². The molecule has 1 atom stereocenters. The zero-order valence-electron chi connectivity index (χ0n) is 8.26. The maximum atomic E-state index is 11.9. The number of nitrogens with zero attached hydrogens (tertiary/aromatic N) is 2. The summed E-state index contributed by atoms with van der Waals surface area (Å²) < 4.78 is 0. The fourth-order valence-electron chi connectivity index (χ4n) is 1.67. The van der Waals surface area contributed by atoms with Gasteiger partial charge in [-0.05, 0) is 18.6 Å². The van der Waals surface area contributed by atoms with E-state index in [0.29, 0.717) is 25.2 Å². The molecule has 0 unspecified atom stereocenters. The Balaban J connectivity index is 2.18. The van der Waals surface area contributed by atoms with Crippen molar-refractivity contribution in [1.29, 1.82) is 0 Å². The maximum Gasteiger partial charge on any atom is 0.274 e. The molecule has 1 aliphatic rings. The Hall–Kier alpha value is -1.62. The van der Waals surface area contributed by atoms with Crippen LogP contribution in [-0.2, 0) is 0 Å². The number of nitrogens with two attached hydrogens (primary N) is 1. The molecule has 1 aliphatic heterocycles. The van der Waals surface area contributed by atoms with Crippen LogP contribution in [-0.4, -0.2) is 40.1 Å². The van der Waals surface area contributed by atoms with Gasteiger partial charge in [0.1, 0.15) is 0 Å². The molecule has 15 heavy (non-hydrogen) atoms. The summed E-state index contributed by atoms with van der Waals surface area (Å²) in [5.41, 5.74) is 6.30. The quantitative estimate of drug-likeness (QED) is 0.672. The van der Waals surface area contributed by atoms with E-state index in [2.05, 4.69) is 4.98 Å². The van der Waals surface area contributed by atoms with E-state index in [-0.39, 0.29) is 11.6 Å². The normalized spacial score (nSPS) is 20.6. The van der Waals surface area contributed by atoms with Crippen LogP contribution in [0, 0.1) is 0 Å². The number of nitrogen functional groups attached to an aromatic ring is 1. The van der Waals surface area contributed by atoms with Crippen molar-refractivity contribution >= 4 is 11.6 Å². The molecule has 1 amide bonds. The first kappa shape index (κ1) is 9.92. The fraction of sp³-hybridized carbons (Fsp3) is 0.400. The van der Waals surface area contributed by atoms with Crippen LogP contribution in [0.25, 0.3) is 0 Å². The van der Waals surface area contributed by atoms with Crippen molar-refractivity contribution in [3.63, 3.8) is 0 Å². The average Bonchev–Trinajstić information content (AvgIpc) is 2.65. The van der Waals surface area contributed by atoms with Crippen LogP contribution in [0.3, 0.4) is 0 Å². The molecule has 0 bridgehead atoms. The van der Waals surface area contributed by atoms with Gasteiger partial charge < -0.3 is 15.7 Å². The molecule has 2 heterocycles. The predicted molar refractivity (Wildman–Crippen MR) is 55.2 cm³/mol. The van der Waals surface area contributed by atoms with Gasteiger partial charge in [-0.1, -0.05) is 0 Å². The molecule has 0 saturated carbocycles. The van der Waals surface area contributed by atoms with Crippen molar-refractivity contribution in [2.75, 3.05) is 18.8 Å². The Morgan fingerprint density at radius 2 is 2.47 bits per heavy atom. The molecule has 3 N–H and O–H groups in total. The smallest absolute Gasteiger partial charge is 0.274 e. The zero-order valence-corrected chi connectivity index (χ0v) is 8.26. The number of hydrogen-bond donors (Lipinski definition) is 2. The lowest BCUT2D eigenvalue weighted by Crippen LogP contribution is -2.30. The minimum absolute atomic E-state index is 0.204. The molecule has 0 aromatic carbocycles. The summed E-state index contributed by atoms with van der Waals surface area (Å²) in [5, 5.41) is 9.32. The van der Waals surface area contributed by atoms with Gasteiger partial charge >= 0.3 is 0 Å². The molecule has 1 saturated heterocycles. The molecule has 1 aromatic rings. The third kappa shape index (κ3) is 1.92. The Morgan fingerprint density at radius 3 is 3.07 bits per heavy atom. The molecule has 0 radical (unpaired) electrons. The lowest BCUT2D eigenvalue weighted by molar-refractivity contribution is 0.0760. The maximum absolute atomic E-state index is 11.9. The first-order valence-electron chi connectivity index (χ1n) is 4.86. The number of carbonyl (C=O) groups excluding carboxylic acids is 1. The summed E-state index contributed by atoms with van der Waals surface area (Å²) in [7, 11) is 0. The summed E-state index contributed by atoms with van der Waals surface area (Å²) in [4.78, 5) is 17.4. The summed E-state index contributed by atoms with van der Waals surface area (Å²) in [5.74, 6) is -0.204. The number of aliphatic hydroxyl groups excluding tert-OH is 1. The first-order chi connectivity index (χ1) is 7.18. The largest absolute Gasteiger partial charge is 0.397 e. The number of pyridine rings is 1. The molecule has 0 aliphatic carbocycles. The van der Waals surface area contributed by atoms with Gasteiger partial charge in [0.25, 0.3) is 5.91 Å². The van der Waals surface area contributed by atoms with E-state index in [1.807, 2.05) is 0 Å². The lowest BCUT2D eigenvalue weighted by atomic mass is 10.3. The summed E-state index contributed by atoms with van der Waals surface area (Å²) in [6.45, 7) is 0.935. The summed E-state index contributed by atoms with van der Waals surface area (Å²) >= 11 is 0. The van der Waals surface area contributed by atoms with E-state index in [1.165, 1.54) is 6.20 Å². The number of β-amino-alcohol motifs (C(OH)–C–C–N with tert-alkyl or cyclic N) is 1. The van der Waals surface area contributed by atoms with Gasteiger partial charge in [-0.3, -0.25) is 4.79 Å². The highest BCUT2D eigenvalue weighted by Gasteiger charge is 2.26. The van der Waals surface area contributed by atoms with Crippen LogP contribution in [0.4, 0.5) is 5.69 Å². The average molecular weight is 207 g/mol. The number of amides is 1. The van der Waals surface area contributed by atoms with Crippen molar-refractivity contribution in [3.8, 4) is 0 Å². The third-order valence-corrected chi connectivity index (χ3v) is 2.49. The first-order valence-corrected chi connectivity index (χ1v) is 4.86. The topological polar surface area (TPSA) is 79.5 Å². The van der Waals surface area contributed by atoms with E-state index in [1.54, 1.807) is 17.0 Å². The Kier molecular flexibility index (Phi) is 2.55. The van der Waals surface area contributed by atoms with Gasteiger partial charge in [-0.2, -0.15) is 0 Å². The van der Waals surface area contributed by atoms with Gasteiger partial charge in [0, 0.05) is 19.3 Å². The number of hydrogen-bond acceptors (Lipinski definition) is 4. The van der Waals surface area contributed by atoms with Crippen molar-refractivity contribution < 1.29 is 9.90 Å². The van der Waals surface area contributed by atoms with Crippen molar-refractivity contribution in [2.45, 2.75) is 12.5 Å². The monoisotopic (exact) mass is 207 g/mol. The van der Waals surface area contributed by atoms with Crippen LogP contribution < -0.4 is 5.73 Å². The highest BCUT2D eigenvalue weighted by molar-refractivity contribution is 5.97. The standard InChI is InChI=1S/C10H13N3O2/c11-8-2-1-4-12-9(8)10(15)13-5-3-7(14)6-13/h1-2,4,7,14H,3,5-6,11H2/t7-/m0/s1. The molecular weight excluding hydrogens is 194 g/mol. The molecule has 2 rings (SSSR count). The highest BCUT2D eigenvalue weighted by Crippen LogP contribution is 2.15. The number of rotatable bonds is 1. The van der Waals surface area contributed by atoms with E-state index >= 15 is 0 Å². The van der Waals surface area contributed by atoms with E-state index in [9.17, 15) is 9.90 Å². The van der Waals surface area contributed by atoms with E-state index < -0.39 is 6.10 Å². The summed E-state index contributed by atoms with van der Waals surface area (Å²) in [6, 6.07) is 3.33. The van der Waals surface area contributed by atoms with Crippen LogP contribution in [0.5, 0.6) is 0 Å².